The normalized spacial score (nSPS) is 23.1. The summed E-state index contributed by atoms with van der Waals surface area (Å²) in [6.07, 6.45) is 1.72. The first-order valence-electron chi connectivity index (χ1n) is 6.42. The van der Waals surface area contributed by atoms with Gasteiger partial charge in [0.25, 0.3) is 0 Å². The molecule has 0 amide bonds. The molecule has 2 atom stereocenters. The van der Waals surface area contributed by atoms with E-state index in [-0.39, 0.29) is 29.4 Å². The van der Waals surface area contributed by atoms with Crippen molar-refractivity contribution < 1.29 is 12.8 Å². The van der Waals surface area contributed by atoms with Crippen LogP contribution in [0.2, 0.25) is 0 Å². The molecule has 1 heterocycles. The van der Waals surface area contributed by atoms with Crippen LogP contribution in [0, 0.1) is 12.7 Å². The van der Waals surface area contributed by atoms with Gasteiger partial charge in [0, 0.05) is 12.1 Å². The van der Waals surface area contributed by atoms with Crippen LogP contribution in [-0.2, 0) is 10.0 Å². The Kier molecular flexibility index (Phi) is 5.94. The Morgan fingerprint density at radius 2 is 2.10 bits per heavy atom. The van der Waals surface area contributed by atoms with Crippen LogP contribution in [0.3, 0.4) is 0 Å². The summed E-state index contributed by atoms with van der Waals surface area (Å²) in [5.74, 6) is -0.502. The summed E-state index contributed by atoms with van der Waals surface area (Å²) in [7, 11) is -3.66. The maximum atomic E-state index is 13.5. The fourth-order valence-corrected chi connectivity index (χ4v) is 3.58. The Bertz CT molecular complexity index is 565. The van der Waals surface area contributed by atoms with Crippen LogP contribution in [0.1, 0.15) is 25.3 Å². The molecule has 1 aromatic rings. The fraction of sp³-hybridized carbons (Fsp3) is 0.538. The van der Waals surface area contributed by atoms with Crippen molar-refractivity contribution in [2.24, 2.45) is 0 Å². The Morgan fingerprint density at radius 3 is 2.70 bits per heavy atom. The number of halogens is 2. The minimum absolute atomic E-state index is 0. The van der Waals surface area contributed by atoms with Gasteiger partial charge in [0.2, 0.25) is 10.0 Å². The van der Waals surface area contributed by atoms with E-state index in [1.807, 2.05) is 6.92 Å². The van der Waals surface area contributed by atoms with Gasteiger partial charge in [-0.3, -0.25) is 0 Å². The third-order valence-electron chi connectivity index (χ3n) is 3.52. The molecule has 20 heavy (non-hydrogen) atoms. The standard InChI is InChI=1S/C13H19FN2O2S.ClH/c1-9-5-6-11(8-12(9)14)19(17,18)16-13-4-3-7-15-10(13)2;/h5-6,8,10,13,15-16H,3-4,7H2,1-2H3;1H. The van der Waals surface area contributed by atoms with Gasteiger partial charge in [0.05, 0.1) is 4.90 Å². The Labute approximate surface area is 125 Å². The highest BCUT2D eigenvalue weighted by Gasteiger charge is 2.26. The van der Waals surface area contributed by atoms with Gasteiger partial charge in [-0.15, -0.1) is 12.4 Å². The van der Waals surface area contributed by atoms with Crippen molar-refractivity contribution in [1.82, 2.24) is 10.0 Å². The molecule has 0 bridgehead atoms. The first-order chi connectivity index (χ1) is 8.90. The highest BCUT2D eigenvalue weighted by molar-refractivity contribution is 7.89. The summed E-state index contributed by atoms with van der Waals surface area (Å²) >= 11 is 0. The van der Waals surface area contributed by atoms with Gasteiger partial charge in [0.1, 0.15) is 5.82 Å². The summed E-state index contributed by atoms with van der Waals surface area (Å²) < 4.78 is 40.5. The van der Waals surface area contributed by atoms with E-state index in [1.54, 1.807) is 6.92 Å². The van der Waals surface area contributed by atoms with E-state index in [0.29, 0.717) is 5.56 Å². The van der Waals surface area contributed by atoms with Gasteiger partial charge in [-0.05, 0) is 50.9 Å². The maximum Gasteiger partial charge on any atom is 0.240 e. The molecule has 0 saturated carbocycles. The number of rotatable bonds is 3. The van der Waals surface area contributed by atoms with E-state index >= 15 is 0 Å². The first kappa shape index (κ1) is 17.4. The minimum atomic E-state index is -3.66. The zero-order chi connectivity index (χ0) is 14.0. The van der Waals surface area contributed by atoms with Crippen LogP contribution in [0.5, 0.6) is 0 Å². The number of hydrogen-bond acceptors (Lipinski definition) is 3. The lowest BCUT2D eigenvalue weighted by Crippen LogP contribution is -2.51. The lowest BCUT2D eigenvalue weighted by atomic mass is 10.0. The summed E-state index contributed by atoms with van der Waals surface area (Å²) in [4.78, 5) is -0.0200. The molecule has 1 saturated heterocycles. The van der Waals surface area contributed by atoms with Crippen LogP contribution in [0.25, 0.3) is 0 Å². The molecule has 2 unspecified atom stereocenters. The summed E-state index contributed by atoms with van der Waals surface area (Å²) in [5, 5.41) is 3.23. The van der Waals surface area contributed by atoms with E-state index in [1.165, 1.54) is 12.1 Å². The molecule has 2 N–H and O–H groups in total. The first-order valence-corrected chi connectivity index (χ1v) is 7.90. The monoisotopic (exact) mass is 322 g/mol. The molecule has 0 spiro atoms. The van der Waals surface area contributed by atoms with Crippen molar-refractivity contribution in [2.75, 3.05) is 6.54 Å². The van der Waals surface area contributed by atoms with Crippen molar-refractivity contribution in [3.8, 4) is 0 Å². The number of benzene rings is 1. The smallest absolute Gasteiger partial charge is 0.240 e. The van der Waals surface area contributed by atoms with Gasteiger partial charge in [-0.25, -0.2) is 17.5 Å². The van der Waals surface area contributed by atoms with Crippen LogP contribution < -0.4 is 10.0 Å². The van der Waals surface area contributed by atoms with Gasteiger partial charge in [-0.1, -0.05) is 6.07 Å². The molecule has 1 aliphatic heterocycles. The third kappa shape index (κ3) is 3.91. The molecule has 2 rings (SSSR count). The minimum Gasteiger partial charge on any atom is -0.313 e. The third-order valence-corrected chi connectivity index (χ3v) is 5.01. The van der Waals surface area contributed by atoms with Crippen LogP contribution in [0.4, 0.5) is 4.39 Å². The number of piperidine rings is 1. The fourth-order valence-electron chi connectivity index (χ4n) is 2.21. The molecule has 0 aromatic heterocycles. The molecular weight excluding hydrogens is 303 g/mol. The second-order valence-corrected chi connectivity index (χ2v) is 6.74. The Hall–Kier alpha value is -0.690. The average Bonchev–Trinajstić information content (AvgIpc) is 2.35. The van der Waals surface area contributed by atoms with Crippen LogP contribution >= 0.6 is 12.4 Å². The van der Waals surface area contributed by atoms with E-state index < -0.39 is 15.8 Å². The molecular formula is C13H20ClFN2O2S. The number of hydrogen-bond donors (Lipinski definition) is 2. The number of aryl methyl sites for hydroxylation is 1. The molecule has 1 fully saturated rings. The van der Waals surface area contributed by atoms with E-state index in [4.69, 9.17) is 0 Å². The van der Waals surface area contributed by atoms with Crippen LogP contribution in [-0.4, -0.2) is 27.0 Å². The molecule has 1 aliphatic rings. The van der Waals surface area contributed by atoms with Crippen molar-refractivity contribution >= 4 is 22.4 Å². The predicted octanol–water partition coefficient (Wildman–Crippen LogP) is 1.97. The van der Waals surface area contributed by atoms with Gasteiger partial charge < -0.3 is 5.32 Å². The summed E-state index contributed by atoms with van der Waals surface area (Å²) in [6.45, 7) is 4.45. The largest absolute Gasteiger partial charge is 0.313 e. The van der Waals surface area contributed by atoms with E-state index in [2.05, 4.69) is 10.0 Å². The van der Waals surface area contributed by atoms with Gasteiger partial charge >= 0.3 is 0 Å². The van der Waals surface area contributed by atoms with E-state index in [0.717, 1.165) is 25.5 Å². The second kappa shape index (κ2) is 6.85. The molecule has 4 nitrogen and oxygen atoms in total. The predicted molar refractivity (Wildman–Crippen MR) is 79.2 cm³/mol. The van der Waals surface area contributed by atoms with Crippen molar-refractivity contribution in [3.05, 3.63) is 29.6 Å². The highest BCUT2D eigenvalue weighted by atomic mass is 35.5. The van der Waals surface area contributed by atoms with Crippen molar-refractivity contribution in [1.29, 1.82) is 0 Å². The zero-order valence-electron chi connectivity index (χ0n) is 11.5. The number of sulfonamides is 1. The maximum absolute atomic E-state index is 13.5. The molecule has 7 heteroatoms. The average molecular weight is 323 g/mol. The quantitative estimate of drug-likeness (QED) is 0.894. The zero-order valence-corrected chi connectivity index (χ0v) is 13.2. The lowest BCUT2D eigenvalue weighted by molar-refractivity contribution is 0.348. The Morgan fingerprint density at radius 1 is 1.40 bits per heavy atom. The molecule has 0 aliphatic carbocycles. The highest BCUT2D eigenvalue weighted by Crippen LogP contribution is 2.17. The van der Waals surface area contributed by atoms with Gasteiger partial charge in [-0.2, -0.15) is 0 Å². The molecule has 0 radical (unpaired) electrons. The van der Waals surface area contributed by atoms with Crippen molar-refractivity contribution in [3.63, 3.8) is 0 Å². The Balaban J connectivity index is 0.00000200. The van der Waals surface area contributed by atoms with E-state index in [9.17, 15) is 12.8 Å². The lowest BCUT2D eigenvalue weighted by Gasteiger charge is -2.30. The summed E-state index contributed by atoms with van der Waals surface area (Å²) in [6, 6.07) is 3.91. The summed E-state index contributed by atoms with van der Waals surface area (Å²) in [5.41, 5.74) is 0.437. The SMILES string of the molecule is Cc1ccc(S(=O)(=O)NC2CCCNC2C)cc1F.Cl. The molecule has 114 valence electrons. The second-order valence-electron chi connectivity index (χ2n) is 5.02. The molecule has 1 aromatic carbocycles. The topological polar surface area (TPSA) is 58.2 Å². The number of nitrogens with one attached hydrogen (secondary N) is 2. The van der Waals surface area contributed by atoms with Crippen LogP contribution in [0.15, 0.2) is 23.1 Å². The van der Waals surface area contributed by atoms with Gasteiger partial charge in [0.15, 0.2) is 0 Å². The van der Waals surface area contributed by atoms with Crippen molar-refractivity contribution in [2.45, 2.75) is 43.7 Å².